The summed E-state index contributed by atoms with van der Waals surface area (Å²) in [5.41, 5.74) is 2.29. The molecule has 1 N–H and O–H groups in total. The van der Waals surface area contributed by atoms with E-state index in [-0.39, 0.29) is 5.78 Å². The van der Waals surface area contributed by atoms with E-state index in [9.17, 15) is 9.59 Å². The maximum atomic E-state index is 12.4. The predicted octanol–water partition coefficient (Wildman–Crippen LogP) is 4.63. The van der Waals surface area contributed by atoms with Crippen molar-refractivity contribution >= 4 is 17.8 Å². The Morgan fingerprint density at radius 2 is 1.65 bits per heavy atom. The van der Waals surface area contributed by atoms with Gasteiger partial charge in [-0.05, 0) is 53.6 Å². The molecule has 0 heterocycles. The maximum Gasteiger partial charge on any atom is 0.341 e. The quantitative estimate of drug-likeness (QED) is 0.382. The van der Waals surface area contributed by atoms with Crippen molar-refractivity contribution < 1.29 is 28.9 Å². The molecule has 0 saturated heterocycles. The third-order valence-electron chi connectivity index (χ3n) is 4.35. The van der Waals surface area contributed by atoms with Crippen molar-refractivity contribution in [2.75, 3.05) is 13.7 Å². The molecule has 0 radical (unpaired) electrons. The van der Waals surface area contributed by atoms with E-state index in [2.05, 4.69) is 0 Å². The molecule has 0 aliphatic carbocycles. The van der Waals surface area contributed by atoms with E-state index in [0.29, 0.717) is 29.4 Å². The number of benzene rings is 3. The lowest BCUT2D eigenvalue weighted by Gasteiger charge is -2.11. The minimum Gasteiger partial charge on any atom is -0.493 e. The number of ether oxygens (including phenoxy) is 3. The van der Waals surface area contributed by atoms with Gasteiger partial charge in [-0.3, -0.25) is 4.79 Å². The largest absolute Gasteiger partial charge is 0.493 e. The van der Waals surface area contributed by atoms with Crippen LogP contribution in [0.5, 0.6) is 17.2 Å². The van der Waals surface area contributed by atoms with Gasteiger partial charge in [-0.2, -0.15) is 0 Å². The van der Waals surface area contributed by atoms with Crippen LogP contribution in [0.15, 0.2) is 78.9 Å². The molecule has 3 aromatic carbocycles. The number of allylic oxidation sites excluding steroid dienone is 1. The number of carbonyl (C=O) groups excluding carboxylic acids is 1. The smallest absolute Gasteiger partial charge is 0.341 e. The van der Waals surface area contributed by atoms with Gasteiger partial charge in [-0.15, -0.1) is 0 Å². The first-order valence-corrected chi connectivity index (χ1v) is 9.57. The molecule has 3 aromatic rings. The van der Waals surface area contributed by atoms with Crippen molar-refractivity contribution in [3.63, 3.8) is 0 Å². The molecule has 0 aliphatic rings. The Morgan fingerprint density at radius 1 is 0.903 bits per heavy atom. The summed E-state index contributed by atoms with van der Waals surface area (Å²) in [6, 6.07) is 21.5. The van der Waals surface area contributed by atoms with Gasteiger partial charge in [0.1, 0.15) is 12.4 Å². The average Bonchev–Trinajstić information content (AvgIpc) is 2.81. The van der Waals surface area contributed by atoms with Crippen LogP contribution in [0.25, 0.3) is 6.08 Å². The van der Waals surface area contributed by atoms with Gasteiger partial charge >= 0.3 is 5.97 Å². The standard InChI is InChI=1S/C25H22O6/c1-29-23-14-8-18(15-24(23)31-16-19-5-3-2-4-6-19)7-13-22(26)20-9-11-21(12-10-20)30-17-25(27)28/h2-15H,16-17H2,1H3,(H,27,28)/b13-7+. The first-order chi connectivity index (χ1) is 15.0. The minimum absolute atomic E-state index is 0.188. The van der Waals surface area contributed by atoms with Gasteiger partial charge in [-0.25, -0.2) is 4.79 Å². The number of ketones is 1. The van der Waals surface area contributed by atoms with Gasteiger partial charge in [0.2, 0.25) is 0 Å². The summed E-state index contributed by atoms with van der Waals surface area (Å²) >= 11 is 0. The zero-order valence-electron chi connectivity index (χ0n) is 17.0. The molecule has 3 rings (SSSR count). The molecule has 0 aliphatic heterocycles. The summed E-state index contributed by atoms with van der Waals surface area (Å²) in [6.45, 7) is -0.0288. The molecule has 158 valence electrons. The Kier molecular flexibility index (Phi) is 7.43. The molecule has 0 atom stereocenters. The number of carboxylic acids is 1. The van der Waals surface area contributed by atoms with Crippen molar-refractivity contribution in [3.8, 4) is 17.2 Å². The van der Waals surface area contributed by atoms with Crippen molar-refractivity contribution in [1.29, 1.82) is 0 Å². The van der Waals surface area contributed by atoms with Crippen LogP contribution in [0.3, 0.4) is 0 Å². The van der Waals surface area contributed by atoms with E-state index in [1.807, 2.05) is 42.5 Å². The van der Waals surface area contributed by atoms with Crippen molar-refractivity contribution in [3.05, 3.63) is 95.6 Å². The molecule has 31 heavy (non-hydrogen) atoms. The number of hydrogen-bond donors (Lipinski definition) is 1. The zero-order valence-corrected chi connectivity index (χ0v) is 17.0. The number of methoxy groups -OCH3 is 1. The number of carboxylic acid groups (broad SMARTS) is 1. The first-order valence-electron chi connectivity index (χ1n) is 9.57. The van der Waals surface area contributed by atoms with Crippen LogP contribution in [0, 0.1) is 0 Å². The Labute approximate surface area is 180 Å². The van der Waals surface area contributed by atoms with E-state index in [4.69, 9.17) is 19.3 Å². The summed E-state index contributed by atoms with van der Waals surface area (Å²) in [5, 5.41) is 8.63. The molecule has 6 nitrogen and oxygen atoms in total. The number of aliphatic carboxylic acids is 1. The minimum atomic E-state index is -1.06. The highest BCUT2D eigenvalue weighted by Gasteiger charge is 2.07. The van der Waals surface area contributed by atoms with Crippen LogP contribution in [0.2, 0.25) is 0 Å². The second-order valence-electron chi connectivity index (χ2n) is 6.59. The lowest BCUT2D eigenvalue weighted by Crippen LogP contribution is -2.09. The van der Waals surface area contributed by atoms with Crippen LogP contribution in [0.4, 0.5) is 0 Å². The molecule has 6 heteroatoms. The fourth-order valence-corrected chi connectivity index (χ4v) is 2.77. The van der Waals surface area contributed by atoms with Gasteiger partial charge in [0.15, 0.2) is 23.9 Å². The molecule has 0 amide bonds. The highest BCUT2D eigenvalue weighted by molar-refractivity contribution is 6.06. The van der Waals surface area contributed by atoms with E-state index >= 15 is 0 Å². The molecule has 0 saturated carbocycles. The van der Waals surface area contributed by atoms with E-state index in [1.54, 1.807) is 43.5 Å². The normalized spacial score (nSPS) is 10.6. The number of hydrogen-bond acceptors (Lipinski definition) is 5. The van der Waals surface area contributed by atoms with Gasteiger partial charge < -0.3 is 19.3 Å². The van der Waals surface area contributed by atoms with Gasteiger partial charge in [0, 0.05) is 5.56 Å². The number of carbonyl (C=O) groups is 2. The van der Waals surface area contributed by atoms with Gasteiger partial charge in [0.05, 0.1) is 7.11 Å². The van der Waals surface area contributed by atoms with Crippen molar-refractivity contribution in [1.82, 2.24) is 0 Å². The second-order valence-corrected chi connectivity index (χ2v) is 6.59. The number of rotatable bonds is 10. The maximum absolute atomic E-state index is 12.4. The van der Waals surface area contributed by atoms with Crippen LogP contribution < -0.4 is 14.2 Å². The Morgan fingerprint density at radius 3 is 2.32 bits per heavy atom. The molecule has 0 spiro atoms. The molecular formula is C25H22O6. The summed E-state index contributed by atoms with van der Waals surface area (Å²) in [6.07, 6.45) is 3.17. The summed E-state index contributed by atoms with van der Waals surface area (Å²) < 4.78 is 16.3. The fraction of sp³-hybridized carbons (Fsp3) is 0.120. The fourth-order valence-electron chi connectivity index (χ4n) is 2.77. The SMILES string of the molecule is COc1ccc(/C=C/C(=O)c2ccc(OCC(=O)O)cc2)cc1OCc1ccccc1. The van der Waals surface area contributed by atoms with Crippen molar-refractivity contribution in [2.24, 2.45) is 0 Å². The van der Waals surface area contributed by atoms with Crippen LogP contribution >= 0.6 is 0 Å². The van der Waals surface area contributed by atoms with Crippen LogP contribution in [-0.4, -0.2) is 30.6 Å². The predicted molar refractivity (Wildman–Crippen MR) is 117 cm³/mol. The van der Waals surface area contributed by atoms with E-state index in [1.165, 1.54) is 6.08 Å². The lowest BCUT2D eigenvalue weighted by molar-refractivity contribution is -0.139. The van der Waals surface area contributed by atoms with Crippen LogP contribution in [-0.2, 0) is 11.4 Å². The van der Waals surface area contributed by atoms with Gasteiger partial charge in [-0.1, -0.05) is 42.5 Å². The summed E-state index contributed by atoms with van der Waals surface area (Å²) in [5.74, 6) is 0.331. The molecule has 0 unspecified atom stereocenters. The molecule has 0 aromatic heterocycles. The molecule has 0 fully saturated rings. The van der Waals surface area contributed by atoms with E-state index in [0.717, 1.165) is 11.1 Å². The second kappa shape index (κ2) is 10.6. The zero-order chi connectivity index (χ0) is 22.1. The highest BCUT2D eigenvalue weighted by Crippen LogP contribution is 2.29. The topological polar surface area (TPSA) is 82.1 Å². The lowest BCUT2D eigenvalue weighted by atomic mass is 10.1. The first kappa shape index (κ1) is 21.6. The van der Waals surface area contributed by atoms with Crippen molar-refractivity contribution in [2.45, 2.75) is 6.61 Å². The van der Waals surface area contributed by atoms with E-state index < -0.39 is 12.6 Å². The Bertz CT molecular complexity index is 1060. The third-order valence-corrected chi connectivity index (χ3v) is 4.35. The third kappa shape index (κ3) is 6.47. The average molecular weight is 418 g/mol. The summed E-state index contributed by atoms with van der Waals surface area (Å²) in [4.78, 5) is 23.0. The molecular weight excluding hydrogens is 396 g/mol. The van der Waals surface area contributed by atoms with Crippen LogP contribution in [0.1, 0.15) is 21.5 Å². The monoisotopic (exact) mass is 418 g/mol. The highest BCUT2D eigenvalue weighted by atomic mass is 16.5. The molecule has 0 bridgehead atoms. The Hall–Kier alpha value is -4.06. The summed E-state index contributed by atoms with van der Waals surface area (Å²) in [7, 11) is 1.58. The Balaban J connectivity index is 1.66. The van der Waals surface area contributed by atoms with Gasteiger partial charge in [0.25, 0.3) is 0 Å².